The quantitative estimate of drug-likeness (QED) is 0.913. The summed E-state index contributed by atoms with van der Waals surface area (Å²) in [4.78, 5) is 0. The molecule has 0 unspecified atom stereocenters. The van der Waals surface area contributed by atoms with Crippen molar-refractivity contribution in [2.24, 2.45) is 5.73 Å². The molecule has 1 heterocycles. The summed E-state index contributed by atoms with van der Waals surface area (Å²) in [7, 11) is 1.68. The molecule has 19 heavy (non-hydrogen) atoms. The van der Waals surface area contributed by atoms with Gasteiger partial charge in [0.15, 0.2) is 0 Å². The van der Waals surface area contributed by atoms with Gasteiger partial charge < -0.3 is 14.9 Å². The summed E-state index contributed by atoms with van der Waals surface area (Å²) in [5.74, 6) is 2.01. The highest BCUT2D eigenvalue weighted by Gasteiger charge is 2.16. The van der Waals surface area contributed by atoms with Crippen LogP contribution in [0.5, 0.6) is 5.75 Å². The topological polar surface area (TPSA) is 74.2 Å². The summed E-state index contributed by atoms with van der Waals surface area (Å²) in [5.41, 5.74) is 9.67. The first-order valence-electron chi connectivity index (χ1n) is 6.26. The van der Waals surface area contributed by atoms with E-state index in [1.165, 1.54) is 0 Å². The fourth-order valence-corrected chi connectivity index (χ4v) is 2.18. The number of methoxy groups -OCH3 is 1. The Morgan fingerprint density at radius 1 is 1.21 bits per heavy atom. The summed E-state index contributed by atoms with van der Waals surface area (Å²) in [6, 6.07) is 2.01. The predicted octanol–water partition coefficient (Wildman–Crippen LogP) is 2.17. The van der Waals surface area contributed by atoms with Gasteiger partial charge in [0.2, 0.25) is 11.8 Å². The minimum Gasteiger partial charge on any atom is -0.496 e. The second kappa shape index (κ2) is 5.40. The van der Waals surface area contributed by atoms with E-state index in [0.717, 1.165) is 28.0 Å². The van der Waals surface area contributed by atoms with Gasteiger partial charge in [-0.15, -0.1) is 10.2 Å². The number of hydrogen-bond donors (Lipinski definition) is 1. The van der Waals surface area contributed by atoms with E-state index in [4.69, 9.17) is 14.9 Å². The Balaban J connectivity index is 2.50. The fraction of sp³-hybridized carbons (Fsp3) is 0.429. The Kier molecular flexibility index (Phi) is 3.85. The minimum atomic E-state index is 0.501. The summed E-state index contributed by atoms with van der Waals surface area (Å²) in [6.45, 7) is 6.56. The second-order valence-corrected chi connectivity index (χ2v) is 4.56. The van der Waals surface area contributed by atoms with Crippen molar-refractivity contribution in [1.29, 1.82) is 0 Å². The highest BCUT2D eigenvalue weighted by Crippen LogP contribution is 2.33. The highest BCUT2D eigenvalue weighted by atomic mass is 16.5. The van der Waals surface area contributed by atoms with Gasteiger partial charge in [0.25, 0.3) is 0 Å². The molecular weight excluding hydrogens is 242 g/mol. The Morgan fingerprint density at radius 2 is 1.95 bits per heavy atom. The number of rotatable bonds is 4. The number of nitrogens with two attached hydrogens (primary N) is 1. The molecule has 2 rings (SSSR count). The van der Waals surface area contributed by atoms with E-state index >= 15 is 0 Å². The van der Waals surface area contributed by atoms with Crippen LogP contribution in [0, 0.1) is 20.8 Å². The van der Waals surface area contributed by atoms with Crippen molar-refractivity contribution in [3.63, 3.8) is 0 Å². The van der Waals surface area contributed by atoms with Crippen LogP contribution >= 0.6 is 0 Å². The lowest BCUT2D eigenvalue weighted by atomic mass is 9.98. The first kappa shape index (κ1) is 13.5. The molecule has 1 aromatic carbocycles. The molecule has 0 spiro atoms. The van der Waals surface area contributed by atoms with Crippen LogP contribution in [0.4, 0.5) is 0 Å². The first-order chi connectivity index (χ1) is 9.08. The molecule has 102 valence electrons. The molecule has 0 bridgehead atoms. The second-order valence-electron chi connectivity index (χ2n) is 4.56. The molecule has 0 radical (unpaired) electrons. The summed E-state index contributed by atoms with van der Waals surface area (Å²) in [6.07, 6.45) is 0.597. The average molecular weight is 261 g/mol. The van der Waals surface area contributed by atoms with Crippen molar-refractivity contribution in [2.75, 3.05) is 13.7 Å². The summed E-state index contributed by atoms with van der Waals surface area (Å²) in [5, 5.41) is 8.09. The van der Waals surface area contributed by atoms with Gasteiger partial charge in [-0.25, -0.2) is 0 Å². The molecule has 0 aliphatic heterocycles. The lowest BCUT2D eigenvalue weighted by Gasteiger charge is -2.13. The van der Waals surface area contributed by atoms with Gasteiger partial charge >= 0.3 is 0 Å². The third kappa shape index (κ3) is 2.46. The van der Waals surface area contributed by atoms with Gasteiger partial charge in [-0.3, -0.25) is 0 Å². The molecule has 5 nitrogen and oxygen atoms in total. The van der Waals surface area contributed by atoms with Crippen molar-refractivity contribution in [3.8, 4) is 17.2 Å². The zero-order valence-electron chi connectivity index (χ0n) is 11.8. The highest BCUT2D eigenvalue weighted by molar-refractivity contribution is 5.65. The number of ether oxygens (including phenoxy) is 1. The monoisotopic (exact) mass is 261 g/mol. The maximum absolute atomic E-state index is 5.63. The van der Waals surface area contributed by atoms with Crippen LogP contribution in [0.25, 0.3) is 11.5 Å². The molecule has 2 aromatic rings. The van der Waals surface area contributed by atoms with Crippen LogP contribution in [-0.2, 0) is 6.42 Å². The molecule has 0 amide bonds. The van der Waals surface area contributed by atoms with Crippen LogP contribution in [0.1, 0.15) is 22.6 Å². The molecule has 0 saturated carbocycles. The number of nitrogens with zero attached hydrogens (tertiary/aromatic N) is 2. The third-order valence-corrected chi connectivity index (χ3v) is 3.29. The van der Waals surface area contributed by atoms with Crippen LogP contribution in [-0.4, -0.2) is 23.9 Å². The molecule has 0 saturated heterocycles. The van der Waals surface area contributed by atoms with E-state index in [1.807, 2.05) is 26.8 Å². The molecular formula is C14H19N3O2. The normalized spacial score (nSPS) is 10.8. The van der Waals surface area contributed by atoms with Gasteiger partial charge in [0.05, 0.1) is 7.11 Å². The Labute approximate surface area is 112 Å². The van der Waals surface area contributed by atoms with Crippen LogP contribution < -0.4 is 10.5 Å². The maximum atomic E-state index is 5.63. The SMILES string of the molecule is COc1c(C)cc(-c2nnc(CCN)o2)c(C)c1C. The smallest absolute Gasteiger partial charge is 0.248 e. The lowest BCUT2D eigenvalue weighted by molar-refractivity contribution is 0.408. The molecule has 2 N–H and O–H groups in total. The molecule has 0 fully saturated rings. The van der Waals surface area contributed by atoms with E-state index in [2.05, 4.69) is 10.2 Å². The van der Waals surface area contributed by atoms with Crippen molar-refractivity contribution < 1.29 is 9.15 Å². The van der Waals surface area contributed by atoms with Gasteiger partial charge in [-0.1, -0.05) is 0 Å². The van der Waals surface area contributed by atoms with Crippen LogP contribution in [0.2, 0.25) is 0 Å². The van der Waals surface area contributed by atoms with Gasteiger partial charge in [0.1, 0.15) is 5.75 Å². The first-order valence-corrected chi connectivity index (χ1v) is 6.26. The largest absolute Gasteiger partial charge is 0.496 e. The average Bonchev–Trinajstić information content (AvgIpc) is 2.83. The molecule has 1 aromatic heterocycles. The van der Waals surface area contributed by atoms with E-state index in [1.54, 1.807) is 7.11 Å². The Bertz CT molecular complexity index is 591. The van der Waals surface area contributed by atoms with Crippen molar-refractivity contribution in [3.05, 3.63) is 28.6 Å². The molecule has 0 aliphatic carbocycles. The van der Waals surface area contributed by atoms with Crippen molar-refractivity contribution >= 4 is 0 Å². The van der Waals surface area contributed by atoms with Gasteiger partial charge in [0, 0.05) is 18.5 Å². The summed E-state index contributed by atoms with van der Waals surface area (Å²) < 4.78 is 11.0. The maximum Gasteiger partial charge on any atom is 0.248 e. The van der Waals surface area contributed by atoms with Crippen molar-refractivity contribution in [2.45, 2.75) is 27.2 Å². The number of hydrogen-bond acceptors (Lipinski definition) is 5. The van der Waals surface area contributed by atoms with E-state index in [9.17, 15) is 0 Å². The number of aromatic nitrogens is 2. The lowest BCUT2D eigenvalue weighted by Crippen LogP contribution is -2.02. The predicted molar refractivity (Wildman–Crippen MR) is 73.3 cm³/mol. The molecule has 5 heteroatoms. The standard InChI is InChI=1S/C14H19N3O2/c1-8-7-11(9(2)10(3)13(8)18-4)14-17-16-12(19-14)5-6-15/h7H,5-6,15H2,1-4H3. The third-order valence-electron chi connectivity index (χ3n) is 3.29. The minimum absolute atomic E-state index is 0.501. The van der Waals surface area contributed by atoms with Crippen LogP contribution in [0.15, 0.2) is 10.5 Å². The van der Waals surface area contributed by atoms with Crippen LogP contribution in [0.3, 0.4) is 0 Å². The summed E-state index contributed by atoms with van der Waals surface area (Å²) >= 11 is 0. The molecule has 0 atom stereocenters. The zero-order valence-corrected chi connectivity index (χ0v) is 11.8. The van der Waals surface area contributed by atoms with E-state index < -0.39 is 0 Å². The zero-order chi connectivity index (χ0) is 14.0. The van der Waals surface area contributed by atoms with Gasteiger partial charge in [-0.05, 0) is 43.5 Å². The Hall–Kier alpha value is -1.88. The Morgan fingerprint density at radius 3 is 2.58 bits per heavy atom. The van der Waals surface area contributed by atoms with Gasteiger partial charge in [-0.2, -0.15) is 0 Å². The number of benzene rings is 1. The number of aryl methyl sites for hydroxylation is 1. The van der Waals surface area contributed by atoms with E-state index in [-0.39, 0.29) is 0 Å². The van der Waals surface area contributed by atoms with E-state index in [0.29, 0.717) is 24.7 Å². The van der Waals surface area contributed by atoms with Crippen molar-refractivity contribution in [1.82, 2.24) is 10.2 Å². The molecule has 0 aliphatic rings. The fourth-order valence-electron chi connectivity index (χ4n) is 2.18.